The highest BCUT2D eigenvalue weighted by Gasteiger charge is 2.28. The summed E-state index contributed by atoms with van der Waals surface area (Å²) in [7, 11) is -3.20. The second-order valence-electron chi connectivity index (χ2n) is 6.82. The van der Waals surface area contributed by atoms with Gasteiger partial charge in [-0.2, -0.15) is 5.26 Å². The molecule has 2 atom stereocenters. The van der Waals surface area contributed by atoms with E-state index in [1.807, 2.05) is 30.3 Å². The van der Waals surface area contributed by atoms with Gasteiger partial charge >= 0.3 is 0 Å². The Hall–Kier alpha value is -2.10. The van der Waals surface area contributed by atoms with E-state index in [2.05, 4.69) is 10.8 Å². The second kappa shape index (κ2) is 8.07. The molecular formula is C20H24N2O3S. The van der Waals surface area contributed by atoms with Gasteiger partial charge in [-0.15, -0.1) is 0 Å². The van der Waals surface area contributed by atoms with Gasteiger partial charge in [-0.3, -0.25) is 0 Å². The maximum absolute atomic E-state index is 11.9. The van der Waals surface area contributed by atoms with E-state index in [0.717, 1.165) is 42.2 Å². The quantitative estimate of drug-likeness (QED) is 0.840. The number of hydrogen-bond donors (Lipinski definition) is 1. The number of sulfonamides is 1. The van der Waals surface area contributed by atoms with Crippen molar-refractivity contribution in [1.29, 1.82) is 5.26 Å². The van der Waals surface area contributed by atoms with Crippen LogP contribution in [0.3, 0.4) is 0 Å². The van der Waals surface area contributed by atoms with Crippen LogP contribution in [0.4, 0.5) is 0 Å². The first-order valence-electron chi connectivity index (χ1n) is 9.07. The minimum Gasteiger partial charge on any atom is -0.493 e. The number of fused-ring (bicyclic) bond motifs is 1. The molecule has 1 aliphatic carbocycles. The molecular weight excluding hydrogens is 348 g/mol. The fourth-order valence-electron chi connectivity index (χ4n) is 3.46. The van der Waals surface area contributed by atoms with E-state index in [0.29, 0.717) is 12.2 Å². The fourth-order valence-corrected chi connectivity index (χ4v) is 4.40. The van der Waals surface area contributed by atoms with Crippen molar-refractivity contribution in [2.45, 2.75) is 38.6 Å². The van der Waals surface area contributed by atoms with Crippen LogP contribution in [-0.2, 0) is 10.0 Å². The van der Waals surface area contributed by atoms with Crippen LogP contribution in [-0.4, -0.2) is 26.8 Å². The third-order valence-corrected chi connectivity index (χ3v) is 6.45. The average molecular weight is 372 g/mol. The fraction of sp³-hybridized carbons (Fsp3) is 0.450. The Balaban J connectivity index is 1.68. The van der Waals surface area contributed by atoms with Crippen LogP contribution in [0.5, 0.6) is 5.75 Å². The molecule has 0 saturated heterocycles. The highest BCUT2D eigenvalue weighted by molar-refractivity contribution is 7.89. The SMILES string of the molecule is CCS(=O)(=O)NC1CCCCC1COc1ccc2cc(C#N)ccc2c1. The van der Waals surface area contributed by atoms with E-state index in [1.165, 1.54) is 0 Å². The van der Waals surface area contributed by atoms with Crippen LogP contribution in [0, 0.1) is 17.2 Å². The van der Waals surface area contributed by atoms with Gasteiger partial charge in [-0.25, -0.2) is 13.1 Å². The molecule has 1 N–H and O–H groups in total. The number of ether oxygens (including phenoxy) is 1. The molecule has 5 nitrogen and oxygen atoms in total. The van der Waals surface area contributed by atoms with Gasteiger partial charge in [0.2, 0.25) is 10.0 Å². The predicted molar refractivity (Wildman–Crippen MR) is 103 cm³/mol. The van der Waals surface area contributed by atoms with Crippen molar-refractivity contribution >= 4 is 20.8 Å². The van der Waals surface area contributed by atoms with Crippen LogP contribution in [0.1, 0.15) is 38.2 Å². The summed E-state index contributed by atoms with van der Waals surface area (Å²) in [5.41, 5.74) is 0.638. The molecule has 3 rings (SSSR count). The molecule has 0 spiro atoms. The molecule has 1 fully saturated rings. The molecule has 2 aromatic rings. The molecule has 0 amide bonds. The van der Waals surface area contributed by atoms with E-state index in [4.69, 9.17) is 10.00 Å². The van der Waals surface area contributed by atoms with E-state index in [-0.39, 0.29) is 17.7 Å². The monoisotopic (exact) mass is 372 g/mol. The van der Waals surface area contributed by atoms with Gasteiger partial charge in [-0.05, 0) is 54.8 Å². The van der Waals surface area contributed by atoms with Crippen LogP contribution in [0.25, 0.3) is 10.8 Å². The topological polar surface area (TPSA) is 79.2 Å². The number of nitrogens with one attached hydrogen (secondary N) is 1. The van der Waals surface area contributed by atoms with E-state index in [1.54, 1.807) is 13.0 Å². The Labute approximate surface area is 155 Å². The zero-order chi connectivity index (χ0) is 18.6. The standard InChI is InChI=1S/C20H24N2O3S/c1-2-26(23,24)22-20-6-4-3-5-18(20)14-25-19-10-9-16-11-15(13-21)7-8-17(16)12-19/h7-12,18,20,22H,2-6,14H2,1H3. The molecule has 6 heteroatoms. The summed E-state index contributed by atoms with van der Waals surface area (Å²) in [5, 5.41) is 11.0. The summed E-state index contributed by atoms with van der Waals surface area (Å²) in [6.45, 7) is 2.15. The maximum atomic E-state index is 11.9. The normalized spacial score (nSPS) is 20.6. The first-order chi connectivity index (χ1) is 12.5. The average Bonchev–Trinajstić information content (AvgIpc) is 2.66. The smallest absolute Gasteiger partial charge is 0.211 e. The molecule has 0 heterocycles. The summed E-state index contributed by atoms with van der Waals surface area (Å²) >= 11 is 0. The van der Waals surface area contributed by atoms with Gasteiger partial charge in [0.1, 0.15) is 5.75 Å². The summed E-state index contributed by atoms with van der Waals surface area (Å²) in [6.07, 6.45) is 3.98. The highest BCUT2D eigenvalue weighted by atomic mass is 32.2. The van der Waals surface area contributed by atoms with Gasteiger partial charge in [0.05, 0.1) is 24.0 Å². The van der Waals surface area contributed by atoms with Crippen molar-refractivity contribution in [3.63, 3.8) is 0 Å². The van der Waals surface area contributed by atoms with E-state index >= 15 is 0 Å². The zero-order valence-electron chi connectivity index (χ0n) is 14.9. The van der Waals surface area contributed by atoms with E-state index in [9.17, 15) is 8.42 Å². The Bertz CT molecular complexity index is 918. The Morgan fingerprint density at radius 1 is 1.15 bits per heavy atom. The lowest BCUT2D eigenvalue weighted by Crippen LogP contribution is -2.44. The number of nitrogens with zero attached hydrogens (tertiary/aromatic N) is 1. The summed E-state index contributed by atoms with van der Waals surface area (Å²) in [4.78, 5) is 0. The van der Waals surface area contributed by atoms with Gasteiger partial charge in [-0.1, -0.05) is 25.0 Å². The largest absolute Gasteiger partial charge is 0.493 e. The zero-order valence-corrected chi connectivity index (χ0v) is 15.8. The Morgan fingerprint density at radius 3 is 2.65 bits per heavy atom. The summed E-state index contributed by atoms with van der Waals surface area (Å²) in [6, 6.07) is 13.5. The number of hydrogen-bond acceptors (Lipinski definition) is 4. The molecule has 1 saturated carbocycles. The van der Waals surface area contributed by atoms with Gasteiger partial charge in [0, 0.05) is 12.0 Å². The van der Waals surface area contributed by atoms with Crippen molar-refractivity contribution in [1.82, 2.24) is 4.72 Å². The number of nitriles is 1. The lowest BCUT2D eigenvalue weighted by Gasteiger charge is -2.31. The lowest BCUT2D eigenvalue weighted by molar-refractivity contribution is 0.180. The Kier molecular flexibility index (Phi) is 5.80. The number of benzene rings is 2. The van der Waals surface area contributed by atoms with E-state index < -0.39 is 10.0 Å². The minimum absolute atomic E-state index is 0.0488. The van der Waals surface area contributed by atoms with Gasteiger partial charge in [0.15, 0.2) is 0 Å². The molecule has 2 aromatic carbocycles. The summed E-state index contributed by atoms with van der Waals surface area (Å²) < 4.78 is 32.6. The summed E-state index contributed by atoms with van der Waals surface area (Å²) in [5.74, 6) is 1.05. The molecule has 26 heavy (non-hydrogen) atoms. The molecule has 2 unspecified atom stereocenters. The lowest BCUT2D eigenvalue weighted by atomic mass is 9.86. The first-order valence-corrected chi connectivity index (χ1v) is 10.7. The first kappa shape index (κ1) is 18.7. The van der Waals surface area contributed by atoms with Crippen molar-refractivity contribution < 1.29 is 13.2 Å². The van der Waals surface area contributed by atoms with Crippen LogP contribution >= 0.6 is 0 Å². The second-order valence-corrected chi connectivity index (χ2v) is 8.86. The van der Waals surface area contributed by atoms with Crippen molar-refractivity contribution in [3.05, 3.63) is 42.0 Å². The molecule has 1 aliphatic rings. The maximum Gasteiger partial charge on any atom is 0.211 e. The molecule has 0 aliphatic heterocycles. The Morgan fingerprint density at radius 2 is 1.88 bits per heavy atom. The predicted octanol–water partition coefficient (Wildman–Crippen LogP) is 3.59. The van der Waals surface area contributed by atoms with Crippen LogP contribution < -0.4 is 9.46 Å². The molecule has 0 aromatic heterocycles. The van der Waals surface area contributed by atoms with Crippen molar-refractivity contribution in [2.24, 2.45) is 5.92 Å². The molecule has 138 valence electrons. The van der Waals surface area contributed by atoms with Gasteiger partial charge < -0.3 is 4.74 Å². The van der Waals surface area contributed by atoms with Crippen LogP contribution in [0.15, 0.2) is 36.4 Å². The molecule has 0 radical (unpaired) electrons. The van der Waals surface area contributed by atoms with Gasteiger partial charge in [0.25, 0.3) is 0 Å². The van der Waals surface area contributed by atoms with Crippen molar-refractivity contribution in [2.75, 3.05) is 12.4 Å². The highest BCUT2D eigenvalue weighted by Crippen LogP contribution is 2.27. The van der Waals surface area contributed by atoms with Crippen LogP contribution in [0.2, 0.25) is 0 Å². The third kappa shape index (κ3) is 4.54. The van der Waals surface area contributed by atoms with Crippen molar-refractivity contribution in [3.8, 4) is 11.8 Å². The third-order valence-electron chi connectivity index (χ3n) is 5.02. The number of rotatable bonds is 6. The minimum atomic E-state index is -3.20. The molecule has 0 bridgehead atoms.